The number of aryl methyl sites for hydroxylation is 1. The van der Waals surface area contributed by atoms with E-state index in [2.05, 4.69) is 18.8 Å². The van der Waals surface area contributed by atoms with Crippen molar-refractivity contribution in [3.63, 3.8) is 0 Å². The van der Waals surface area contributed by atoms with E-state index in [1.54, 1.807) is 13.3 Å². The van der Waals surface area contributed by atoms with Crippen LogP contribution in [0.5, 0.6) is 11.5 Å². The number of methoxy groups -OCH3 is 1. The third-order valence-electron chi connectivity index (χ3n) is 5.41. The molecule has 0 unspecified atom stereocenters. The molecule has 4 heteroatoms. The van der Waals surface area contributed by atoms with Gasteiger partial charge in [-0.3, -0.25) is 4.98 Å². The highest BCUT2D eigenvalue weighted by atomic mass is 16.5. The van der Waals surface area contributed by atoms with Crippen molar-refractivity contribution in [1.29, 1.82) is 0 Å². The Bertz CT molecular complexity index is 536. The average Bonchev–Trinajstić information content (AvgIpc) is 2.53. The summed E-state index contributed by atoms with van der Waals surface area (Å²) in [6, 6.07) is 1.90. The number of nitrogens with zero attached hydrogens (tertiary/aromatic N) is 1. The molecular formula is C19H29NO3. The highest BCUT2D eigenvalue weighted by Gasteiger charge is 2.42. The zero-order valence-electron chi connectivity index (χ0n) is 14.9. The van der Waals surface area contributed by atoms with Gasteiger partial charge < -0.3 is 14.2 Å². The molecule has 0 radical (unpaired) electrons. The zero-order chi connectivity index (χ0) is 16.5. The summed E-state index contributed by atoms with van der Waals surface area (Å²) in [5, 5.41) is 0. The number of pyridine rings is 1. The molecule has 2 fully saturated rings. The number of ether oxygens (including phenoxy) is 3. The Balaban J connectivity index is 1.59. The molecule has 1 saturated heterocycles. The lowest BCUT2D eigenvalue weighted by Crippen LogP contribution is -2.46. The first kappa shape index (κ1) is 16.6. The Labute approximate surface area is 139 Å². The molecule has 0 aromatic carbocycles. The van der Waals surface area contributed by atoms with E-state index in [1.165, 1.54) is 12.8 Å². The van der Waals surface area contributed by atoms with Crippen LogP contribution in [0.2, 0.25) is 0 Å². The van der Waals surface area contributed by atoms with Crippen LogP contribution in [0.1, 0.15) is 58.1 Å². The summed E-state index contributed by atoms with van der Waals surface area (Å²) < 4.78 is 17.9. The van der Waals surface area contributed by atoms with Gasteiger partial charge in [-0.2, -0.15) is 0 Å². The minimum Gasteiger partial charge on any atom is -0.491 e. The molecule has 1 saturated carbocycles. The fraction of sp³-hybridized carbons (Fsp3) is 0.737. The van der Waals surface area contributed by atoms with Crippen LogP contribution in [0, 0.1) is 12.3 Å². The first-order valence-corrected chi connectivity index (χ1v) is 8.73. The van der Waals surface area contributed by atoms with Crippen molar-refractivity contribution in [3.05, 3.63) is 18.0 Å². The van der Waals surface area contributed by atoms with Crippen LogP contribution in [0.25, 0.3) is 0 Å². The van der Waals surface area contributed by atoms with Crippen molar-refractivity contribution in [2.24, 2.45) is 5.41 Å². The maximum atomic E-state index is 6.29. The Morgan fingerprint density at radius 1 is 1.17 bits per heavy atom. The molecule has 0 N–H and O–H groups in total. The highest BCUT2D eigenvalue weighted by molar-refractivity contribution is 5.42. The Hall–Kier alpha value is -1.29. The second-order valence-corrected chi connectivity index (χ2v) is 7.88. The van der Waals surface area contributed by atoms with Crippen LogP contribution >= 0.6 is 0 Å². The first-order chi connectivity index (χ1) is 10.9. The third-order valence-corrected chi connectivity index (χ3v) is 5.41. The second kappa shape index (κ2) is 6.31. The van der Waals surface area contributed by atoms with E-state index in [0.717, 1.165) is 49.5 Å². The topological polar surface area (TPSA) is 40.6 Å². The molecule has 1 aliphatic carbocycles. The summed E-state index contributed by atoms with van der Waals surface area (Å²) >= 11 is 0. The maximum Gasteiger partial charge on any atom is 0.182 e. The molecule has 1 spiro atoms. The van der Waals surface area contributed by atoms with E-state index < -0.39 is 0 Å². The lowest BCUT2D eigenvalue weighted by Gasteiger charge is -2.47. The van der Waals surface area contributed by atoms with Gasteiger partial charge in [0.25, 0.3) is 0 Å². The molecule has 1 aliphatic heterocycles. The predicted molar refractivity (Wildman–Crippen MR) is 90.1 cm³/mol. The first-order valence-electron chi connectivity index (χ1n) is 8.73. The Morgan fingerprint density at radius 2 is 1.91 bits per heavy atom. The van der Waals surface area contributed by atoms with Crippen LogP contribution in [0.4, 0.5) is 0 Å². The highest BCUT2D eigenvalue weighted by Crippen LogP contribution is 2.44. The number of hydrogen-bond acceptors (Lipinski definition) is 4. The molecule has 2 aliphatic rings. The monoisotopic (exact) mass is 319 g/mol. The number of aromatic nitrogens is 1. The number of rotatable bonds is 3. The minimum atomic E-state index is 0.105. The molecule has 3 rings (SSSR count). The van der Waals surface area contributed by atoms with Gasteiger partial charge in [0.2, 0.25) is 0 Å². The number of hydrogen-bond donors (Lipinski definition) is 0. The fourth-order valence-electron chi connectivity index (χ4n) is 3.74. The molecule has 0 atom stereocenters. The largest absolute Gasteiger partial charge is 0.491 e. The van der Waals surface area contributed by atoms with Crippen LogP contribution < -0.4 is 9.47 Å². The molecule has 0 bridgehead atoms. The van der Waals surface area contributed by atoms with Crippen molar-refractivity contribution in [2.45, 2.75) is 71.0 Å². The van der Waals surface area contributed by atoms with Crippen LogP contribution in [-0.2, 0) is 4.74 Å². The molecule has 128 valence electrons. The van der Waals surface area contributed by atoms with E-state index in [-0.39, 0.29) is 11.7 Å². The van der Waals surface area contributed by atoms with Crippen molar-refractivity contribution in [1.82, 2.24) is 4.98 Å². The lowest BCUT2D eigenvalue weighted by atomic mass is 9.73. The molecule has 0 amide bonds. The van der Waals surface area contributed by atoms with Crippen molar-refractivity contribution < 1.29 is 14.2 Å². The van der Waals surface area contributed by atoms with Crippen LogP contribution in [-0.4, -0.2) is 30.4 Å². The summed E-state index contributed by atoms with van der Waals surface area (Å²) in [5.41, 5.74) is 1.31. The summed E-state index contributed by atoms with van der Waals surface area (Å²) in [6.07, 6.45) is 8.76. The van der Waals surface area contributed by atoms with Gasteiger partial charge >= 0.3 is 0 Å². The lowest BCUT2D eigenvalue weighted by molar-refractivity contribution is -0.149. The molecule has 2 heterocycles. The van der Waals surface area contributed by atoms with Gasteiger partial charge in [0.1, 0.15) is 0 Å². The van der Waals surface area contributed by atoms with Gasteiger partial charge in [0, 0.05) is 12.3 Å². The second-order valence-electron chi connectivity index (χ2n) is 7.88. The smallest absolute Gasteiger partial charge is 0.182 e. The van der Waals surface area contributed by atoms with E-state index >= 15 is 0 Å². The van der Waals surface area contributed by atoms with Gasteiger partial charge in [-0.05, 0) is 50.9 Å². The average molecular weight is 319 g/mol. The van der Waals surface area contributed by atoms with E-state index in [9.17, 15) is 0 Å². The zero-order valence-corrected chi connectivity index (χ0v) is 14.9. The fourth-order valence-corrected chi connectivity index (χ4v) is 3.74. The predicted octanol–water partition coefficient (Wildman–Crippen LogP) is 4.30. The maximum absolute atomic E-state index is 6.29. The Morgan fingerprint density at radius 3 is 2.52 bits per heavy atom. The summed E-state index contributed by atoms with van der Waals surface area (Å²) in [6.45, 7) is 7.42. The van der Waals surface area contributed by atoms with Crippen molar-refractivity contribution in [2.75, 3.05) is 13.7 Å². The van der Waals surface area contributed by atoms with Gasteiger partial charge in [-0.25, -0.2) is 0 Å². The van der Waals surface area contributed by atoms with Crippen LogP contribution in [0.15, 0.2) is 12.3 Å². The third kappa shape index (κ3) is 3.63. The Kier molecular flexibility index (Phi) is 4.54. The molecule has 1 aromatic heterocycles. The van der Waals surface area contributed by atoms with Gasteiger partial charge in [-0.15, -0.1) is 0 Å². The molecule has 23 heavy (non-hydrogen) atoms. The molecule has 4 nitrogen and oxygen atoms in total. The summed E-state index contributed by atoms with van der Waals surface area (Å²) in [7, 11) is 1.67. The van der Waals surface area contributed by atoms with Gasteiger partial charge in [0.05, 0.1) is 31.1 Å². The quantitative estimate of drug-likeness (QED) is 0.833. The van der Waals surface area contributed by atoms with Gasteiger partial charge in [0.15, 0.2) is 11.5 Å². The van der Waals surface area contributed by atoms with E-state index in [1.807, 2.05) is 13.0 Å². The van der Waals surface area contributed by atoms with E-state index in [4.69, 9.17) is 14.2 Å². The van der Waals surface area contributed by atoms with Crippen LogP contribution in [0.3, 0.4) is 0 Å². The van der Waals surface area contributed by atoms with Gasteiger partial charge in [-0.1, -0.05) is 13.8 Å². The SMILES string of the molecule is COc1c(OC2CCC3(CC2)CCC(C)(C)CO3)ccnc1C. The summed E-state index contributed by atoms with van der Waals surface area (Å²) in [5.74, 6) is 1.56. The van der Waals surface area contributed by atoms with Crippen molar-refractivity contribution >= 4 is 0 Å². The summed E-state index contributed by atoms with van der Waals surface area (Å²) in [4.78, 5) is 4.26. The normalized spacial score (nSPS) is 30.2. The molecule has 1 aromatic rings. The van der Waals surface area contributed by atoms with E-state index in [0.29, 0.717) is 5.41 Å². The molecular weight excluding hydrogens is 290 g/mol. The minimum absolute atomic E-state index is 0.105. The standard InChI is InChI=1S/C19H29NO3/c1-14-17(21-4)16(7-12-20-14)23-15-5-8-19(9-6-15)11-10-18(2,3)13-22-19/h7,12,15H,5-6,8-11,13H2,1-4H3. The van der Waals surface area contributed by atoms with Crippen molar-refractivity contribution in [3.8, 4) is 11.5 Å².